The second-order valence-corrected chi connectivity index (χ2v) is 6.46. The van der Waals surface area contributed by atoms with Crippen molar-refractivity contribution in [2.45, 2.75) is 25.4 Å². The molecule has 0 radical (unpaired) electrons. The van der Waals surface area contributed by atoms with E-state index < -0.39 is 0 Å². The van der Waals surface area contributed by atoms with Crippen molar-refractivity contribution in [3.63, 3.8) is 0 Å². The Balaban J connectivity index is 0.00000121. The van der Waals surface area contributed by atoms with Crippen LogP contribution in [0.2, 0.25) is 0 Å². The summed E-state index contributed by atoms with van der Waals surface area (Å²) in [5.74, 6) is 0.906. The summed E-state index contributed by atoms with van der Waals surface area (Å²) in [4.78, 5) is 6.93. The van der Waals surface area contributed by atoms with Crippen molar-refractivity contribution in [1.29, 1.82) is 0 Å². The first-order valence-electron chi connectivity index (χ1n) is 8.84. The molecule has 0 bridgehead atoms. The first-order valence-corrected chi connectivity index (χ1v) is 8.84. The minimum atomic E-state index is 0. The number of hydrogen-bond donors (Lipinski definition) is 1. The molecule has 0 aliphatic carbocycles. The summed E-state index contributed by atoms with van der Waals surface area (Å²) in [6, 6.07) is 0.448. The summed E-state index contributed by atoms with van der Waals surface area (Å²) >= 11 is 0. The van der Waals surface area contributed by atoms with Crippen LogP contribution in [0.1, 0.15) is 18.9 Å². The Bertz CT molecular complexity index is 651. The Hall–Kier alpha value is -1.19. The van der Waals surface area contributed by atoms with Crippen molar-refractivity contribution in [2.75, 3.05) is 45.9 Å². The highest BCUT2D eigenvalue weighted by Crippen LogP contribution is 2.20. The van der Waals surface area contributed by atoms with Crippen molar-refractivity contribution in [3.05, 3.63) is 18.6 Å². The summed E-state index contributed by atoms with van der Waals surface area (Å²) in [5.41, 5.74) is 0.862. The van der Waals surface area contributed by atoms with E-state index in [1.807, 2.05) is 23.3 Å². The van der Waals surface area contributed by atoms with Crippen LogP contribution in [0.25, 0.3) is 11.5 Å². The predicted molar refractivity (Wildman–Crippen MR) is 104 cm³/mol. The van der Waals surface area contributed by atoms with Crippen LogP contribution < -0.4 is 5.32 Å². The Morgan fingerprint density at radius 2 is 1.88 bits per heavy atom. The van der Waals surface area contributed by atoms with Gasteiger partial charge >= 0.3 is 0 Å². The fourth-order valence-electron chi connectivity index (χ4n) is 3.43. The average molecular weight is 404 g/mol. The Labute approximate surface area is 166 Å². The SMILES string of the molecule is Cl.Cl.c1cn(CCN2CCOCC2)c(-c2cn(C3CCNCC3)nn2)n1. The fourth-order valence-corrected chi connectivity index (χ4v) is 3.43. The van der Waals surface area contributed by atoms with Crippen LogP contribution in [0.15, 0.2) is 18.6 Å². The van der Waals surface area contributed by atoms with Crippen molar-refractivity contribution in [1.82, 2.24) is 34.8 Å². The van der Waals surface area contributed by atoms with Crippen molar-refractivity contribution in [2.24, 2.45) is 0 Å². The lowest BCUT2D eigenvalue weighted by atomic mass is 10.1. The number of rotatable bonds is 5. The number of ether oxygens (including phenoxy) is 1. The van der Waals surface area contributed by atoms with E-state index in [1.165, 1.54) is 0 Å². The van der Waals surface area contributed by atoms with Gasteiger partial charge in [-0.3, -0.25) is 4.90 Å². The molecule has 2 fully saturated rings. The number of nitrogens with one attached hydrogen (secondary N) is 1. The standard InChI is InChI=1S/C16H25N7O.2ClH/c1-3-17-4-2-14(1)23-13-15(19-20-23)16-18-5-6-22(16)8-7-21-9-11-24-12-10-21;;/h5-6,13-14,17H,1-4,7-12H2;2*1H. The zero-order valence-corrected chi connectivity index (χ0v) is 16.4. The third kappa shape index (κ3) is 4.95. The highest BCUT2D eigenvalue weighted by molar-refractivity contribution is 5.85. The topological polar surface area (TPSA) is 73.0 Å². The van der Waals surface area contributed by atoms with E-state index >= 15 is 0 Å². The molecule has 2 aromatic rings. The zero-order chi connectivity index (χ0) is 16.2. The second kappa shape index (κ2) is 10.2. The number of halogens is 2. The minimum Gasteiger partial charge on any atom is -0.379 e. The highest BCUT2D eigenvalue weighted by atomic mass is 35.5. The summed E-state index contributed by atoms with van der Waals surface area (Å²) in [5, 5.41) is 12.1. The molecule has 0 unspecified atom stereocenters. The molecule has 0 amide bonds. The zero-order valence-electron chi connectivity index (χ0n) is 14.8. The lowest BCUT2D eigenvalue weighted by Gasteiger charge is -2.26. The van der Waals surface area contributed by atoms with Crippen LogP contribution in [-0.2, 0) is 11.3 Å². The Morgan fingerprint density at radius 1 is 1.12 bits per heavy atom. The fraction of sp³-hybridized carbons (Fsp3) is 0.688. The van der Waals surface area contributed by atoms with E-state index in [-0.39, 0.29) is 24.8 Å². The second-order valence-electron chi connectivity index (χ2n) is 6.46. The van der Waals surface area contributed by atoms with Crippen LogP contribution in [-0.4, -0.2) is 75.4 Å². The smallest absolute Gasteiger partial charge is 0.162 e. The molecule has 4 heterocycles. The maximum Gasteiger partial charge on any atom is 0.162 e. The molecule has 146 valence electrons. The summed E-state index contributed by atoms with van der Waals surface area (Å²) in [6.07, 6.45) is 8.13. The summed E-state index contributed by atoms with van der Waals surface area (Å²) in [7, 11) is 0. The van der Waals surface area contributed by atoms with Gasteiger partial charge in [-0.2, -0.15) is 0 Å². The molecule has 8 nitrogen and oxygen atoms in total. The van der Waals surface area contributed by atoms with Crippen LogP contribution in [0.3, 0.4) is 0 Å². The third-order valence-electron chi connectivity index (χ3n) is 4.90. The number of piperidine rings is 1. The molecule has 0 saturated carbocycles. The number of hydrogen-bond acceptors (Lipinski definition) is 6. The molecular weight excluding hydrogens is 377 g/mol. The molecule has 0 atom stereocenters. The Kier molecular flexibility index (Phi) is 8.30. The average Bonchev–Trinajstić information content (AvgIpc) is 3.31. The first-order chi connectivity index (χ1) is 11.9. The van der Waals surface area contributed by atoms with Crippen molar-refractivity contribution < 1.29 is 4.74 Å². The van der Waals surface area contributed by atoms with Gasteiger partial charge < -0.3 is 14.6 Å². The van der Waals surface area contributed by atoms with Crippen molar-refractivity contribution in [3.8, 4) is 11.5 Å². The quantitative estimate of drug-likeness (QED) is 0.809. The maximum absolute atomic E-state index is 5.40. The molecule has 4 rings (SSSR count). The van der Waals surface area contributed by atoms with Gasteiger partial charge in [-0.05, 0) is 25.9 Å². The molecular formula is C16H27Cl2N7O. The van der Waals surface area contributed by atoms with Gasteiger partial charge in [0.05, 0.1) is 25.5 Å². The molecule has 2 aliphatic rings. The lowest BCUT2D eigenvalue weighted by Crippen LogP contribution is -2.38. The van der Waals surface area contributed by atoms with E-state index in [0.717, 1.165) is 76.8 Å². The number of morpholine rings is 1. The molecule has 0 aromatic carbocycles. The molecule has 0 spiro atoms. The van der Waals surface area contributed by atoms with Gasteiger partial charge in [0.2, 0.25) is 0 Å². The molecule has 10 heteroatoms. The largest absolute Gasteiger partial charge is 0.379 e. The van der Waals surface area contributed by atoms with E-state index in [4.69, 9.17) is 4.74 Å². The molecule has 2 aliphatic heterocycles. The number of nitrogens with zero attached hydrogens (tertiary/aromatic N) is 6. The summed E-state index contributed by atoms with van der Waals surface area (Å²) < 4.78 is 9.59. The van der Waals surface area contributed by atoms with E-state index in [2.05, 4.69) is 30.1 Å². The number of aromatic nitrogens is 5. The number of imidazole rings is 1. The van der Waals surface area contributed by atoms with E-state index in [0.29, 0.717) is 6.04 Å². The third-order valence-corrected chi connectivity index (χ3v) is 4.90. The van der Waals surface area contributed by atoms with Gasteiger partial charge in [-0.25, -0.2) is 9.67 Å². The predicted octanol–water partition coefficient (Wildman–Crippen LogP) is 1.24. The lowest BCUT2D eigenvalue weighted by molar-refractivity contribution is 0.0364. The van der Waals surface area contributed by atoms with Crippen LogP contribution >= 0.6 is 24.8 Å². The van der Waals surface area contributed by atoms with Gasteiger partial charge in [0.15, 0.2) is 5.82 Å². The maximum atomic E-state index is 5.40. The van der Waals surface area contributed by atoms with Gasteiger partial charge in [-0.1, -0.05) is 5.21 Å². The molecule has 2 saturated heterocycles. The first kappa shape index (κ1) is 21.1. The molecule has 1 N–H and O–H groups in total. The summed E-state index contributed by atoms with van der Waals surface area (Å²) in [6.45, 7) is 7.71. The minimum absolute atomic E-state index is 0. The normalized spacial score (nSPS) is 18.9. The Morgan fingerprint density at radius 3 is 2.65 bits per heavy atom. The monoisotopic (exact) mass is 403 g/mol. The van der Waals surface area contributed by atoms with Crippen molar-refractivity contribution >= 4 is 24.8 Å². The van der Waals surface area contributed by atoms with E-state index in [1.54, 1.807) is 0 Å². The van der Waals surface area contributed by atoms with Crippen LogP contribution in [0.5, 0.6) is 0 Å². The van der Waals surface area contributed by atoms with Gasteiger partial charge in [-0.15, -0.1) is 29.9 Å². The highest BCUT2D eigenvalue weighted by Gasteiger charge is 2.18. The van der Waals surface area contributed by atoms with Gasteiger partial charge in [0.1, 0.15) is 5.69 Å². The van der Waals surface area contributed by atoms with E-state index in [9.17, 15) is 0 Å². The molecule has 26 heavy (non-hydrogen) atoms. The van der Waals surface area contributed by atoms with Gasteiger partial charge in [0.25, 0.3) is 0 Å². The van der Waals surface area contributed by atoms with Crippen LogP contribution in [0.4, 0.5) is 0 Å². The molecule has 2 aromatic heterocycles. The van der Waals surface area contributed by atoms with Gasteiger partial charge in [0, 0.05) is 38.6 Å². The van der Waals surface area contributed by atoms with Crippen LogP contribution in [0, 0.1) is 0 Å².